The van der Waals surface area contributed by atoms with E-state index in [0.717, 1.165) is 5.56 Å². The lowest BCUT2D eigenvalue weighted by Gasteiger charge is -2.04. The van der Waals surface area contributed by atoms with E-state index in [1.165, 1.54) is 0 Å². The van der Waals surface area contributed by atoms with Crippen LogP contribution >= 0.6 is 0 Å². The number of hydrogen-bond donors (Lipinski definition) is 3. The standard InChI is InChI=1S/C8H11N3O3/c12-8(13)5-10-11-14-6-7-1-3-9-4-2-7/h1-4,10-11H,5-6H2,(H,12,13). The number of nitrogens with zero attached hydrogens (tertiary/aromatic N) is 1. The first-order chi connectivity index (χ1) is 6.79. The van der Waals surface area contributed by atoms with Gasteiger partial charge in [-0.1, -0.05) is 0 Å². The molecule has 0 spiro atoms. The van der Waals surface area contributed by atoms with Crippen LogP contribution in [0.15, 0.2) is 24.5 Å². The number of aliphatic carboxylic acids is 1. The maximum Gasteiger partial charge on any atom is 0.318 e. The minimum atomic E-state index is -0.954. The van der Waals surface area contributed by atoms with Gasteiger partial charge in [-0.3, -0.25) is 14.6 Å². The molecule has 0 bridgehead atoms. The molecular formula is C8H11N3O3. The van der Waals surface area contributed by atoms with E-state index in [4.69, 9.17) is 9.94 Å². The molecule has 3 N–H and O–H groups in total. The summed E-state index contributed by atoms with van der Waals surface area (Å²) in [5.41, 5.74) is 5.63. The molecule has 0 saturated carbocycles. The topological polar surface area (TPSA) is 83.5 Å². The van der Waals surface area contributed by atoms with Gasteiger partial charge in [-0.2, -0.15) is 0 Å². The highest BCUT2D eigenvalue weighted by Crippen LogP contribution is 1.95. The molecule has 14 heavy (non-hydrogen) atoms. The first kappa shape index (κ1) is 10.6. The van der Waals surface area contributed by atoms with Crippen molar-refractivity contribution in [3.63, 3.8) is 0 Å². The fourth-order valence-electron chi connectivity index (χ4n) is 0.761. The predicted molar refractivity (Wildman–Crippen MR) is 47.8 cm³/mol. The third-order valence-corrected chi connectivity index (χ3v) is 1.37. The molecule has 0 atom stereocenters. The Morgan fingerprint density at radius 2 is 2.21 bits per heavy atom. The SMILES string of the molecule is O=C(O)CNNOCc1ccncc1. The molecule has 0 aliphatic carbocycles. The zero-order valence-electron chi connectivity index (χ0n) is 7.43. The maximum atomic E-state index is 10.1. The van der Waals surface area contributed by atoms with Gasteiger partial charge in [-0.05, 0) is 17.7 Å². The van der Waals surface area contributed by atoms with Crippen LogP contribution < -0.4 is 11.0 Å². The van der Waals surface area contributed by atoms with Crippen LogP contribution in [0.3, 0.4) is 0 Å². The first-order valence-corrected chi connectivity index (χ1v) is 3.99. The number of nitrogens with one attached hydrogen (secondary N) is 2. The summed E-state index contributed by atoms with van der Waals surface area (Å²) >= 11 is 0. The van der Waals surface area contributed by atoms with Crippen molar-refractivity contribution in [2.75, 3.05) is 6.54 Å². The zero-order valence-corrected chi connectivity index (χ0v) is 7.43. The van der Waals surface area contributed by atoms with Crippen LogP contribution in [-0.2, 0) is 16.2 Å². The second-order valence-corrected chi connectivity index (χ2v) is 2.49. The summed E-state index contributed by atoms with van der Waals surface area (Å²) < 4.78 is 0. The lowest BCUT2D eigenvalue weighted by atomic mass is 10.3. The molecule has 0 unspecified atom stereocenters. The number of rotatable bonds is 6. The number of aromatic nitrogens is 1. The summed E-state index contributed by atoms with van der Waals surface area (Å²) in [6.45, 7) is 0.144. The van der Waals surface area contributed by atoms with Gasteiger partial charge in [0.15, 0.2) is 0 Å². The summed E-state index contributed by atoms with van der Waals surface area (Å²) in [4.78, 5) is 18.8. The predicted octanol–water partition coefficient (Wildman–Crippen LogP) is -0.308. The molecule has 0 aromatic carbocycles. The molecule has 0 radical (unpaired) electrons. The average Bonchev–Trinajstić information content (AvgIpc) is 2.18. The minimum Gasteiger partial charge on any atom is -0.480 e. The second-order valence-electron chi connectivity index (χ2n) is 2.49. The van der Waals surface area contributed by atoms with Crippen LogP contribution in [0.25, 0.3) is 0 Å². The highest BCUT2D eigenvalue weighted by Gasteiger charge is 1.94. The Balaban J connectivity index is 2.08. The van der Waals surface area contributed by atoms with E-state index in [9.17, 15) is 4.79 Å². The van der Waals surface area contributed by atoms with Crippen LogP contribution in [0.4, 0.5) is 0 Å². The molecule has 6 nitrogen and oxygen atoms in total. The van der Waals surface area contributed by atoms with Crippen molar-refractivity contribution in [3.05, 3.63) is 30.1 Å². The van der Waals surface area contributed by atoms with E-state index in [0.29, 0.717) is 6.61 Å². The summed E-state index contributed by atoms with van der Waals surface area (Å²) in [5.74, 6) is -0.954. The molecule has 1 aromatic heterocycles. The zero-order chi connectivity index (χ0) is 10.2. The van der Waals surface area contributed by atoms with Crippen molar-refractivity contribution in [3.8, 4) is 0 Å². The van der Waals surface area contributed by atoms with Gasteiger partial charge < -0.3 is 5.11 Å². The van der Waals surface area contributed by atoms with Gasteiger partial charge in [0.2, 0.25) is 0 Å². The third kappa shape index (κ3) is 4.51. The fourth-order valence-corrected chi connectivity index (χ4v) is 0.761. The van der Waals surface area contributed by atoms with Crippen molar-refractivity contribution < 1.29 is 14.7 Å². The van der Waals surface area contributed by atoms with E-state index in [1.54, 1.807) is 24.5 Å². The fraction of sp³-hybridized carbons (Fsp3) is 0.250. The Morgan fingerprint density at radius 1 is 1.50 bits per heavy atom. The summed E-state index contributed by atoms with van der Waals surface area (Å²) in [6.07, 6.45) is 3.31. The quantitative estimate of drug-likeness (QED) is 0.428. The Kier molecular flexibility index (Phi) is 4.56. The highest BCUT2D eigenvalue weighted by molar-refractivity contribution is 5.68. The highest BCUT2D eigenvalue weighted by atomic mass is 16.7. The van der Waals surface area contributed by atoms with Crippen LogP contribution in [0.2, 0.25) is 0 Å². The third-order valence-electron chi connectivity index (χ3n) is 1.37. The van der Waals surface area contributed by atoms with Gasteiger partial charge in [0, 0.05) is 12.4 Å². The Hall–Kier alpha value is -1.50. The van der Waals surface area contributed by atoms with Crippen molar-refractivity contribution in [2.45, 2.75) is 6.61 Å². The Labute approximate surface area is 80.8 Å². The molecule has 0 aliphatic heterocycles. The van der Waals surface area contributed by atoms with Crippen LogP contribution in [0.1, 0.15) is 5.56 Å². The molecule has 1 aromatic rings. The smallest absolute Gasteiger partial charge is 0.318 e. The number of carboxylic acids is 1. The number of carboxylic acid groups (broad SMARTS) is 1. The van der Waals surface area contributed by atoms with Crippen molar-refractivity contribution >= 4 is 5.97 Å². The van der Waals surface area contributed by atoms with E-state index in [1.807, 2.05) is 0 Å². The van der Waals surface area contributed by atoms with Gasteiger partial charge >= 0.3 is 5.97 Å². The van der Waals surface area contributed by atoms with Gasteiger partial charge in [0.05, 0.1) is 6.61 Å². The van der Waals surface area contributed by atoms with Gasteiger partial charge in [-0.15, -0.1) is 5.59 Å². The molecule has 0 fully saturated rings. The molecular weight excluding hydrogens is 186 g/mol. The van der Waals surface area contributed by atoms with E-state index >= 15 is 0 Å². The van der Waals surface area contributed by atoms with E-state index in [2.05, 4.69) is 16.0 Å². The van der Waals surface area contributed by atoms with Crippen molar-refractivity contribution in [1.82, 2.24) is 16.0 Å². The Morgan fingerprint density at radius 3 is 2.86 bits per heavy atom. The summed E-state index contributed by atoms with van der Waals surface area (Å²) in [7, 11) is 0. The largest absolute Gasteiger partial charge is 0.480 e. The minimum absolute atomic E-state index is 0.198. The normalized spacial score (nSPS) is 10.0. The number of hydrogen-bond acceptors (Lipinski definition) is 5. The van der Waals surface area contributed by atoms with Crippen molar-refractivity contribution in [1.29, 1.82) is 0 Å². The maximum absolute atomic E-state index is 10.1. The monoisotopic (exact) mass is 197 g/mol. The molecule has 0 amide bonds. The van der Waals surface area contributed by atoms with Crippen molar-refractivity contribution in [2.24, 2.45) is 0 Å². The lowest BCUT2D eigenvalue weighted by Crippen LogP contribution is -2.35. The van der Waals surface area contributed by atoms with Crippen LogP contribution in [-0.4, -0.2) is 22.6 Å². The molecule has 1 rings (SSSR count). The van der Waals surface area contributed by atoms with Gasteiger partial charge in [-0.25, -0.2) is 5.43 Å². The number of carbonyl (C=O) groups is 1. The second kappa shape index (κ2) is 6.03. The summed E-state index contributed by atoms with van der Waals surface area (Å²) in [6, 6.07) is 3.61. The van der Waals surface area contributed by atoms with E-state index < -0.39 is 5.97 Å². The average molecular weight is 197 g/mol. The molecule has 0 aliphatic rings. The Bertz CT molecular complexity index is 278. The molecule has 6 heteroatoms. The van der Waals surface area contributed by atoms with E-state index in [-0.39, 0.29) is 6.54 Å². The molecule has 1 heterocycles. The number of hydrazine groups is 1. The lowest BCUT2D eigenvalue weighted by molar-refractivity contribution is -0.137. The van der Waals surface area contributed by atoms with Gasteiger partial charge in [0.1, 0.15) is 6.54 Å². The molecule has 76 valence electrons. The number of pyridine rings is 1. The molecule has 0 saturated heterocycles. The van der Waals surface area contributed by atoms with Crippen LogP contribution in [0, 0.1) is 0 Å². The van der Waals surface area contributed by atoms with Crippen LogP contribution in [0.5, 0.6) is 0 Å². The van der Waals surface area contributed by atoms with Gasteiger partial charge in [0.25, 0.3) is 0 Å². The first-order valence-electron chi connectivity index (χ1n) is 3.99. The summed E-state index contributed by atoms with van der Waals surface area (Å²) in [5, 5.41) is 8.26.